The van der Waals surface area contributed by atoms with E-state index in [0.29, 0.717) is 0 Å². The molecule has 184 valence electrons. The normalized spacial score (nSPS) is 11.7. The number of aryl methyl sites for hydroxylation is 1. The van der Waals surface area contributed by atoms with Crippen LogP contribution in [0.2, 0.25) is 0 Å². The summed E-state index contributed by atoms with van der Waals surface area (Å²) in [7, 11) is 0. The summed E-state index contributed by atoms with van der Waals surface area (Å²) in [6.07, 6.45) is 2.17. The zero-order valence-electron chi connectivity index (χ0n) is 21.7. The number of benzene rings is 6. The van der Waals surface area contributed by atoms with Gasteiger partial charge in [0.05, 0.1) is 16.6 Å². The molecule has 2 nitrogen and oxygen atoms in total. The van der Waals surface area contributed by atoms with Crippen molar-refractivity contribution in [3.05, 3.63) is 145 Å². The lowest BCUT2D eigenvalue weighted by Crippen LogP contribution is -1.94. The van der Waals surface area contributed by atoms with E-state index in [0.717, 1.165) is 0 Å². The molecule has 8 rings (SSSR count). The molecule has 0 bridgehead atoms. The Labute approximate surface area is 227 Å². The minimum atomic E-state index is 1.17. The number of rotatable bonds is 3. The van der Waals surface area contributed by atoms with Crippen molar-refractivity contribution in [2.45, 2.75) is 6.92 Å². The lowest BCUT2D eigenvalue weighted by Gasteiger charge is -2.11. The second-order valence-corrected chi connectivity index (χ2v) is 10.4. The van der Waals surface area contributed by atoms with Crippen LogP contribution in [-0.4, -0.2) is 9.13 Å². The molecule has 0 radical (unpaired) electrons. The number of para-hydroxylation sites is 2. The topological polar surface area (TPSA) is 9.86 Å². The smallest absolute Gasteiger partial charge is 0.0547 e. The van der Waals surface area contributed by atoms with Gasteiger partial charge >= 0.3 is 0 Å². The third kappa shape index (κ3) is 3.49. The van der Waals surface area contributed by atoms with Crippen molar-refractivity contribution < 1.29 is 0 Å². The molecule has 0 atom stereocenters. The fourth-order valence-corrected chi connectivity index (χ4v) is 6.09. The van der Waals surface area contributed by atoms with Gasteiger partial charge in [-0.25, -0.2) is 0 Å². The van der Waals surface area contributed by atoms with Crippen molar-refractivity contribution in [2.75, 3.05) is 0 Å². The Morgan fingerprint density at radius 1 is 0.436 bits per heavy atom. The van der Waals surface area contributed by atoms with E-state index in [4.69, 9.17) is 0 Å². The van der Waals surface area contributed by atoms with Crippen molar-refractivity contribution >= 4 is 43.5 Å². The first-order chi connectivity index (χ1) is 19.2. The molecule has 8 aromatic rings. The summed E-state index contributed by atoms with van der Waals surface area (Å²) in [4.78, 5) is 0. The van der Waals surface area contributed by atoms with Gasteiger partial charge in [-0.1, -0.05) is 78.4 Å². The first kappa shape index (κ1) is 22.0. The van der Waals surface area contributed by atoms with E-state index in [1.807, 2.05) is 0 Å². The van der Waals surface area contributed by atoms with E-state index in [1.54, 1.807) is 0 Å². The molecule has 0 aliphatic heterocycles. The van der Waals surface area contributed by atoms with Crippen LogP contribution in [0.3, 0.4) is 0 Å². The van der Waals surface area contributed by atoms with Gasteiger partial charge in [0.1, 0.15) is 0 Å². The minimum Gasteiger partial charge on any atom is -0.317 e. The maximum absolute atomic E-state index is 2.42. The van der Waals surface area contributed by atoms with E-state index < -0.39 is 0 Å². The lowest BCUT2D eigenvalue weighted by atomic mass is 10.0. The molecule has 0 N–H and O–H groups in total. The van der Waals surface area contributed by atoms with E-state index in [1.165, 1.54) is 71.5 Å². The van der Waals surface area contributed by atoms with Gasteiger partial charge in [-0.3, -0.25) is 0 Å². The SMILES string of the molecule is Cc1cccc(-c2cccc(-n3c4ccccc4c4cc5cc6ccn(-c7ccccc7)c6cc5cc43)c2)c1. The molecular weight excluding hydrogens is 472 g/mol. The summed E-state index contributed by atoms with van der Waals surface area (Å²) in [5, 5.41) is 6.31. The summed E-state index contributed by atoms with van der Waals surface area (Å²) < 4.78 is 4.70. The van der Waals surface area contributed by atoms with Crippen LogP contribution in [-0.2, 0) is 0 Å². The quantitative estimate of drug-likeness (QED) is 0.229. The summed E-state index contributed by atoms with van der Waals surface area (Å²) in [5.74, 6) is 0. The van der Waals surface area contributed by atoms with Gasteiger partial charge in [0.2, 0.25) is 0 Å². The maximum atomic E-state index is 2.42. The van der Waals surface area contributed by atoms with Gasteiger partial charge < -0.3 is 9.13 Å². The molecule has 0 unspecified atom stereocenters. The zero-order chi connectivity index (χ0) is 25.9. The molecule has 0 fully saturated rings. The molecule has 0 spiro atoms. The fraction of sp³-hybridized carbons (Fsp3) is 0.0270. The molecule has 0 aliphatic carbocycles. The van der Waals surface area contributed by atoms with Crippen LogP contribution in [0.5, 0.6) is 0 Å². The highest BCUT2D eigenvalue weighted by Gasteiger charge is 2.15. The maximum Gasteiger partial charge on any atom is 0.0547 e. The predicted octanol–water partition coefficient (Wildman–Crippen LogP) is 9.86. The van der Waals surface area contributed by atoms with Crippen molar-refractivity contribution in [1.29, 1.82) is 0 Å². The molecule has 39 heavy (non-hydrogen) atoms. The molecular formula is C37H26N2. The van der Waals surface area contributed by atoms with Crippen LogP contribution in [0.1, 0.15) is 5.56 Å². The molecule has 0 saturated heterocycles. The van der Waals surface area contributed by atoms with Crippen LogP contribution in [0.25, 0.3) is 66.0 Å². The average molecular weight is 499 g/mol. The Morgan fingerprint density at radius 3 is 2.03 bits per heavy atom. The Balaban J connectivity index is 1.40. The number of aromatic nitrogens is 2. The van der Waals surface area contributed by atoms with Crippen LogP contribution in [0.4, 0.5) is 0 Å². The molecule has 6 aromatic carbocycles. The van der Waals surface area contributed by atoms with Crippen molar-refractivity contribution in [3.8, 4) is 22.5 Å². The molecule has 0 amide bonds. The highest BCUT2D eigenvalue weighted by atomic mass is 15.0. The van der Waals surface area contributed by atoms with Crippen molar-refractivity contribution in [3.63, 3.8) is 0 Å². The van der Waals surface area contributed by atoms with Crippen molar-refractivity contribution in [2.24, 2.45) is 0 Å². The summed E-state index contributed by atoms with van der Waals surface area (Å²) in [6, 6.07) is 48.6. The van der Waals surface area contributed by atoms with Crippen LogP contribution in [0, 0.1) is 6.92 Å². The Hall–Kier alpha value is -5.08. The van der Waals surface area contributed by atoms with E-state index >= 15 is 0 Å². The lowest BCUT2D eigenvalue weighted by molar-refractivity contribution is 1.13. The molecule has 2 heteroatoms. The van der Waals surface area contributed by atoms with Crippen LogP contribution >= 0.6 is 0 Å². The van der Waals surface area contributed by atoms with Crippen LogP contribution < -0.4 is 0 Å². The third-order valence-electron chi connectivity index (χ3n) is 7.93. The Kier molecular flexibility index (Phi) is 4.77. The van der Waals surface area contributed by atoms with Gasteiger partial charge in [-0.2, -0.15) is 0 Å². The Morgan fingerprint density at radius 2 is 1.15 bits per heavy atom. The highest BCUT2D eigenvalue weighted by Crippen LogP contribution is 2.37. The number of hydrogen-bond acceptors (Lipinski definition) is 0. The molecule has 2 heterocycles. The second-order valence-electron chi connectivity index (χ2n) is 10.4. The van der Waals surface area contributed by atoms with Gasteiger partial charge in [0.15, 0.2) is 0 Å². The van der Waals surface area contributed by atoms with E-state index in [2.05, 4.69) is 156 Å². The van der Waals surface area contributed by atoms with Gasteiger partial charge in [-0.05, 0) is 89.5 Å². The monoisotopic (exact) mass is 498 g/mol. The molecule has 0 saturated carbocycles. The predicted molar refractivity (Wildman–Crippen MR) is 165 cm³/mol. The summed E-state index contributed by atoms with van der Waals surface area (Å²) in [5.41, 5.74) is 9.76. The van der Waals surface area contributed by atoms with Gasteiger partial charge in [0.25, 0.3) is 0 Å². The highest BCUT2D eigenvalue weighted by molar-refractivity contribution is 6.15. The largest absolute Gasteiger partial charge is 0.317 e. The number of hydrogen-bond donors (Lipinski definition) is 0. The van der Waals surface area contributed by atoms with Gasteiger partial charge in [-0.15, -0.1) is 0 Å². The van der Waals surface area contributed by atoms with Crippen LogP contribution in [0.15, 0.2) is 140 Å². The average Bonchev–Trinajstić information content (AvgIpc) is 3.53. The number of nitrogens with zero attached hydrogens (tertiary/aromatic N) is 2. The standard InChI is InChI=1S/C37H26N2/c1-25-9-7-10-26(19-25)27-11-8-14-32(21-27)39-35-16-6-5-15-33(35)34-22-29-20-28-17-18-38(31-12-3-2-4-13-31)36(28)23-30(29)24-37(34)39/h2-24H,1H3. The first-order valence-electron chi connectivity index (χ1n) is 13.4. The fourth-order valence-electron chi connectivity index (χ4n) is 6.09. The minimum absolute atomic E-state index is 1.17. The molecule has 2 aromatic heterocycles. The summed E-state index contributed by atoms with van der Waals surface area (Å²) >= 11 is 0. The Bertz CT molecular complexity index is 2180. The zero-order valence-corrected chi connectivity index (χ0v) is 21.7. The summed E-state index contributed by atoms with van der Waals surface area (Å²) in [6.45, 7) is 2.15. The second kappa shape index (κ2) is 8.47. The van der Waals surface area contributed by atoms with E-state index in [-0.39, 0.29) is 0 Å². The van der Waals surface area contributed by atoms with E-state index in [9.17, 15) is 0 Å². The molecule has 0 aliphatic rings. The third-order valence-corrected chi connectivity index (χ3v) is 7.93. The van der Waals surface area contributed by atoms with Gasteiger partial charge in [0, 0.05) is 33.7 Å². The number of fused-ring (bicyclic) bond motifs is 5. The first-order valence-corrected chi connectivity index (χ1v) is 13.4. The van der Waals surface area contributed by atoms with Crippen molar-refractivity contribution in [1.82, 2.24) is 9.13 Å².